The molecule has 3 N–H and O–H groups in total. The molecule has 0 radical (unpaired) electrons. The zero-order valence-corrected chi connectivity index (χ0v) is 9.76. The number of rotatable bonds is 3. The van der Waals surface area contributed by atoms with E-state index in [0.717, 1.165) is 25.7 Å². The van der Waals surface area contributed by atoms with Gasteiger partial charge in [-0.05, 0) is 31.1 Å². The normalized spacial score (nSPS) is 25.0. The summed E-state index contributed by atoms with van der Waals surface area (Å²) in [5.41, 5.74) is 5.96. The molecule has 0 saturated heterocycles. The quantitative estimate of drug-likeness (QED) is 0.782. The van der Waals surface area contributed by atoms with Gasteiger partial charge in [-0.3, -0.25) is 4.79 Å². The van der Waals surface area contributed by atoms with Crippen LogP contribution in [0.15, 0.2) is 28.9 Å². The average Bonchev–Trinajstić information content (AvgIpc) is 2.82. The molecule has 92 valence electrons. The molecule has 0 aliphatic heterocycles. The van der Waals surface area contributed by atoms with E-state index >= 15 is 0 Å². The van der Waals surface area contributed by atoms with E-state index in [2.05, 4.69) is 5.32 Å². The first-order valence-corrected chi connectivity index (χ1v) is 6.03. The van der Waals surface area contributed by atoms with Crippen molar-refractivity contribution in [3.05, 3.63) is 30.2 Å². The Labute approximate surface area is 101 Å². The number of nitrogens with one attached hydrogen (secondary N) is 1. The number of hydrogen-bond acceptors (Lipinski definition) is 3. The molecule has 2 atom stereocenters. The van der Waals surface area contributed by atoms with E-state index in [4.69, 9.17) is 10.2 Å². The van der Waals surface area contributed by atoms with Crippen LogP contribution in [-0.4, -0.2) is 18.0 Å². The summed E-state index contributed by atoms with van der Waals surface area (Å²) in [5, 5.41) is 2.94. The van der Waals surface area contributed by atoms with Gasteiger partial charge in [0.25, 0.3) is 0 Å². The van der Waals surface area contributed by atoms with Crippen molar-refractivity contribution in [2.24, 2.45) is 5.73 Å². The molecule has 4 nitrogen and oxygen atoms in total. The van der Waals surface area contributed by atoms with E-state index in [1.165, 1.54) is 6.08 Å². The average molecular weight is 234 g/mol. The summed E-state index contributed by atoms with van der Waals surface area (Å²) in [6.07, 6.45) is 8.99. The van der Waals surface area contributed by atoms with Crippen molar-refractivity contribution in [1.82, 2.24) is 5.32 Å². The smallest absolute Gasteiger partial charge is 0.244 e. The molecule has 1 amide bonds. The van der Waals surface area contributed by atoms with Crippen LogP contribution in [0.4, 0.5) is 0 Å². The van der Waals surface area contributed by atoms with Crippen molar-refractivity contribution < 1.29 is 9.21 Å². The molecule has 1 aromatic heterocycles. The van der Waals surface area contributed by atoms with Gasteiger partial charge in [0.05, 0.1) is 6.26 Å². The Bertz CT molecular complexity index is 384. The van der Waals surface area contributed by atoms with Gasteiger partial charge in [-0.2, -0.15) is 0 Å². The highest BCUT2D eigenvalue weighted by Gasteiger charge is 2.22. The molecule has 17 heavy (non-hydrogen) atoms. The van der Waals surface area contributed by atoms with Gasteiger partial charge in [-0.1, -0.05) is 12.8 Å². The molecule has 1 fully saturated rings. The van der Waals surface area contributed by atoms with Crippen LogP contribution in [0, 0.1) is 0 Å². The van der Waals surface area contributed by atoms with Crippen molar-refractivity contribution in [2.45, 2.75) is 37.8 Å². The topological polar surface area (TPSA) is 68.3 Å². The molecule has 1 saturated carbocycles. The minimum Gasteiger partial charge on any atom is -0.465 e. The minimum absolute atomic E-state index is 0.0877. The molecular formula is C13H18N2O2. The molecule has 1 aliphatic carbocycles. The highest BCUT2D eigenvalue weighted by Crippen LogP contribution is 2.16. The maximum atomic E-state index is 11.7. The summed E-state index contributed by atoms with van der Waals surface area (Å²) in [4.78, 5) is 11.7. The largest absolute Gasteiger partial charge is 0.465 e. The van der Waals surface area contributed by atoms with Gasteiger partial charge in [0, 0.05) is 18.2 Å². The first kappa shape index (κ1) is 11.9. The Balaban J connectivity index is 1.84. The van der Waals surface area contributed by atoms with Gasteiger partial charge in [0.1, 0.15) is 5.76 Å². The van der Waals surface area contributed by atoms with Crippen molar-refractivity contribution in [1.29, 1.82) is 0 Å². The number of furan rings is 1. The van der Waals surface area contributed by atoms with Crippen LogP contribution in [-0.2, 0) is 4.79 Å². The van der Waals surface area contributed by atoms with Crippen LogP contribution in [0.1, 0.15) is 31.4 Å². The molecule has 0 aromatic carbocycles. The van der Waals surface area contributed by atoms with Crippen LogP contribution in [0.5, 0.6) is 0 Å². The lowest BCUT2D eigenvalue weighted by molar-refractivity contribution is -0.117. The summed E-state index contributed by atoms with van der Waals surface area (Å²) < 4.78 is 5.10. The first-order valence-electron chi connectivity index (χ1n) is 6.03. The fourth-order valence-electron chi connectivity index (χ4n) is 2.11. The van der Waals surface area contributed by atoms with Gasteiger partial charge >= 0.3 is 0 Å². The highest BCUT2D eigenvalue weighted by atomic mass is 16.3. The van der Waals surface area contributed by atoms with Gasteiger partial charge in [0.2, 0.25) is 5.91 Å². The van der Waals surface area contributed by atoms with E-state index < -0.39 is 0 Å². The molecule has 1 aromatic rings. The van der Waals surface area contributed by atoms with Crippen molar-refractivity contribution in [3.63, 3.8) is 0 Å². The standard InChI is InChI=1S/C13H18N2O2/c14-11-5-1-2-6-12(11)15-13(16)8-7-10-4-3-9-17-10/h3-4,7-9,11-12H,1-2,5-6,14H2,(H,15,16)/b8-7+. The molecule has 0 spiro atoms. The summed E-state index contributed by atoms with van der Waals surface area (Å²) >= 11 is 0. The number of amides is 1. The van der Waals surface area contributed by atoms with Crippen LogP contribution in [0.3, 0.4) is 0 Å². The molecule has 1 heterocycles. The number of hydrogen-bond donors (Lipinski definition) is 2. The van der Waals surface area contributed by atoms with Gasteiger partial charge < -0.3 is 15.5 Å². The monoisotopic (exact) mass is 234 g/mol. The Morgan fingerprint density at radius 1 is 1.47 bits per heavy atom. The summed E-state index contributed by atoms with van der Waals surface area (Å²) in [7, 11) is 0. The molecule has 4 heteroatoms. The fourth-order valence-corrected chi connectivity index (χ4v) is 2.11. The molecular weight excluding hydrogens is 216 g/mol. The number of carbonyl (C=O) groups excluding carboxylic acids is 1. The first-order chi connectivity index (χ1) is 8.25. The zero-order chi connectivity index (χ0) is 12.1. The Morgan fingerprint density at radius 2 is 2.29 bits per heavy atom. The summed E-state index contributed by atoms with van der Waals surface area (Å²) in [6, 6.07) is 3.78. The lowest BCUT2D eigenvalue weighted by Gasteiger charge is -2.28. The maximum absolute atomic E-state index is 11.7. The van der Waals surface area contributed by atoms with Gasteiger partial charge in [0.15, 0.2) is 0 Å². The number of nitrogens with two attached hydrogens (primary N) is 1. The second kappa shape index (κ2) is 5.68. The third-order valence-electron chi connectivity index (χ3n) is 3.09. The second-order valence-corrected chi connectivity index (χ2v) is 4.41. The van der Waals surface area contributed by atoms with Gasteiger partial charge in [-0.25, -0.2) is 0 Å². The lowest BCUT2D eigenvalue weighted by Crippen LogP contribution is -2.48. The third kappa shape index (κ3) is 3.46. The lowest BCUT2D eigenvalue weighted by atomic mass is 9.91. The van der Waals surface area contributed by atoms with E-state index in [9.17, 15) is 4.79 Å². The SMILES string of the molecule is NC1CCCCC1NC(=O)/C=C/c1ccco1. The molecule has 2 rings (SSSR count). The molecule has 0 bridgehead atoms. The predicted molar refractivity (Wildman–Crippen MR) is 66.1 cm³/mol. The van der Waals surface area contributed by atoms with E-state index in [0.29, 0.717) is 5.76 Å². The Morgan fingerprint density at radius 3 is 3.00 bits per heavy atom. The summed E-state index contributed by atoms with van der Waals surface area (Å²) in [5.74, 6) is 0.567. The van der Waals surface area contributed by atoms with Gasteiger partial charge in [-0.15, -0.1) is 0 Å². The Hall–Kier alpha value is -1.55. The minimum atomic E-state index is -0.108. The summed E-state index contributed by atoms with van der Waals surface area (Å²) in [6.45, 7) is 0. The molecule has 2 unspecified atom stereocenters. The van der Waals surface area contributed by atoms with Crippen molar-refractivity contribution in [2.75, 3.05) is 0 Å². The zero-order valence-electron chi connectivity index (χ0n) is 9.76. The van der Waals surface area contributed by atoms with Crippen LogP contribution in [0.25, 0.3) is 6.08 Å². The second-order valence-electron chi connectivity index (χ2n) is 4.41. The van der Waals surface area contributed by atoms with Crippen molar-refractivity contribution in [3.8, 4) is 0 Å². The predicted octanol–water partition coefficient (Wildman–Crippen LogP) is 1.68. The molecule has 1 aliphatic rings. The van der Waals surface area contributed by atoms with Crippen molar-refractivity contribution >= 4 is 12.0 Å². The van der Waals surface area contributed by atoms with E-state index in [1.54, 1.807) is 24.5 Å². The maximum Gasteiger partial charge on any atom is 0.244 e. The number of carbonyl (C=O) groups is 1. The third-order valence-corrected chi connectivity index (χ3v) is 3.09. The highest BCUT2D eigenvalue weighted by molar-refractivity contribution is 5.91. The van der Waals surface area contributed by atoms with Crippen LogP contribution < -0.4 is 11.1 Å². The Kier molecular flexibility index (Phi) is 3.98. The van der Waals surface area contributed by atoms with E-state index in [-0.39, 0.29) is 18.0 Å². The van der Waals surface area contributed by atoms with Crippen LogP contribution in [0.2, 0.25) is 0 Å². The van der Waals surface area contributed by atoms with Crippen LogP contribution >= 0.6 is 0 Å². The van der Waals surface area contributed by atoms with E-state index in [1.807, 2.05) is 0 Å². The fraction of sp³-hybridized carbons (Fsp3) is 0.462.